The molecule has 2 aromatic heterocycles. The molecule has 1 fully saturated rings. The zero-order valence-corrected chi connectivity index (χ0v) is 14.5. The van der Waals surface area contributed by atoms with Gasteiger partial charge in [-0.05, 0) is 42.5 Å². The van der Waals surface area contributed by atoms with Crippen molar-refractivity contribution in [1.82, 2.24) is 9.97 Å². The maximum Gasteiger partial charge on any atom is 0.141 e. The molecule has 3 aromatic rings. The van der Waals surface area contributed by atoms with E-state index in [1.807, 2.05) is 12.1 Å². The average Bonchev–Trinajstić information content (AvgIpc) is 3.29. The number of hydrogen-bond donors (Lipinski definition) is 0. The maximum atomic E-state index is 5.60. The zero-order valence-electron chi connectivity index (χ0n) is 13.7. The molecule has 0 amide bonds. The van der Waals surface area contributed by atoms with Gasteiger partial charge in [0.2, 0.25) is 0 Å². The van der Waals surface area contributed by atoms with Crippen molar-refractivity contribution in [2.75, 3.05) is 25.7 Å². The number of methoxy groups -OCH3 is 2. The number of ether oxygens (including phenoxy) is 2. The Bertz CT molecular complexity index is 864. The molecule has 0 spiro atoms. The molecule has 1 saturated heterocycles. The number of hydrogen-bond acceptors (Lipinski definition) is 6. The summed E-state index contributed by atoms with van der Waals surface area (Å²) in [6.07, 6.45) is 3.85. The fourth-order valence-corrected chi connectivity index (χ4v) is 4.18. The van der Waals surface area contributed by atoms with Crippen LogP contribution in [0.25, 0.3) is 10.2 Å². The molecule has 1 atom stereocenters. The Hall–Kier alpha value is -2.34. The molecule has 24 heavy (non-hydrogen) atoms. The number of thiophene rings is 1. The fraction of sp³-hybridized carbons (Fsp3) is 0.333. The third-order valence-electron chi connectivity index (χ3n) is 4.56. The van der Waals surface area contributed by atoms with Gasteiger partial charge in [0.15, 0.2) is 0 Å². The first-order chi connectivity index (χ1) is 11.8. The third kappa shape index (κ3) is 2.47. The number of fused-ring (bicyclic) bond motifs is 1. The molecule has 5 nitrogen and oxygen atoms in total. The first-order valence-corrected chi connectivity index (χ1v) is 8.86. The van der Waals surface area contributed by atoms with Gasteiger partial charge in [0.05, 0.1) is 25.6 Å². The summed E-state index contributed by atoms with van der Waals surface area (Å²) in [4.78, 5) is 12.4. The molecule has 1 aromatic carbocycles. The number of anilines is 1. The van der Waals surface area contributed by atoms with E-state index in [1.165, 1.54) is 0 Å². The minimum atomic E-state index is 0.230. The molecule has 0 unspecified atom stereocenters. The van der Waals surface area contributed by atoms with Crippen LogP contribution in [0.2, 0.25) is 0 Å². The van der Waals surface area contributed by atoms with Crippen LogP contribution in [-0.4, -0.2) is 30.7 Å². The fourth-order valence-electron chi connectivity index (χ4n) is 3.45. The molecule has 1 aliphatic rings. The van der Waals surface area contributed by atoms with Gasteiger partial charge in [0.1, 0.15) is 28.5 Å². The topological polar surface area (TPSA) is 47.5 Å². The zero-order chi connectivity index (χ0) is 16.5. The Morgan fingerprint density at radius 3 is 2.92 bits per heavy atom. The SMILES string of the molecule is COc1ccc(OC)c([C@H]2CCCN2c2ncnc3sccc23)c1. The monoisotopic (exact) mass is 341 g/mol. The summed E-state index contributed by atoms with van der Waals surface area (Å²) >= 11 is 1.65. The number of nitrogens with zero attached hydrogens (tertiary/aromatic N) is 3. The van der Waals surface area contributed by atoms with Crippen LogP contribution in [0.4, 0.5) is 5.82 Å². The number of aromatic nitrogens is 2. The molecular formula is C18H19N3O2S. The Kier molecular flexibility index (Phi) is 3.98. The Morgan fingerprint density at radius 1 is 1.17 bits per heavy atom. The van der Waals surface area contributed by atoms with E-state index in [-0.39, 0.29) is 6.04 Å². The Balaban J connectivity index is 1.80. The van der Waals surface area contributed by atoms with E-state index in [2.05, 4.69) is 32.4 Å². The van der Waals surface area contributed by atoms with Gasteiger partial charge in [-0.3, -0.25) is 0 Å². The lowest BCUT2D eigenvalue weighted by atomic mass is 10.0. The van der Waals surface area contributed by atoms with Crippen molar-refractivity contribution in [3.63, 3.8) is 0 Å². The van der Waals surface area contributed by atoms with E-state index >= 15 is 0 Å². The molecule has 4 rings (SSSR count). The van der Waals surface area contributed by atoms with E-state index in [0.29, 0.717) is 0 Å². The summed E-state index contributed by atoms with van der Waals surface area (Å²) in [5.41, 5.74) is 1.15. The average molecular weight is 341 g/mol. The minimum absolute atomic E-state index is 0.230. The highest BCUT2D eigenvalue weighted by Crippen LogP contribution is 2.42. The van der Waals surface area contributed by atoms with Crippen molar-refractivity contribution < 1.29 is 9.47 Å². The van der Waals surface area contributed by atoms with E-state index in [9.17, 15) is 0 Å². The largest absolute Gasteiger partial charge is 0.497 e. The summed E-state index contributed by atoms with van der Waals surface area (Å²) in [6.45, 7) is 0.979. The predicted octanol–water partition coefficient (Wildman–Crippen LogP) is 4.05. The molecule has 0 N–H and O–H groups in total. The van der Waals surface area contributed by atoms with Crippen molar-refractivity contribution >= 4 is 27.4 Å². The second kappa shape index (κ2) is 6.28. The van der Waals surface area contributed by atoms with Crippen LogP contribution < -0.4 is 14.4 Å². The van der Waals surface area contributed by atoms with Crippen molar-refractivity contribution in [3.05, 3.63) is 41.5 Å². The van der Waals surface area contributed by atoms with Crippen molar-refractivity contribution in [2.24, 2.45) is 0 Å². The first-order valence-electron chi connectivity index (χ1n) is 7.98. The van der Waals surface area contributed by atoms with Crippen LogP contribution in [0.1, 0.15) is 24.4 Å². The lowest BCUT2D eigenvalue weighted by Gasteiger charge is -2.28. The minimum Gasteiger partial charge on any atom is -0.497 e. The molecule has 0 bridgehead atoms. The molecule has 6 heteroatoms. The summed E-state index contributed by atoms with van der Waals surface area (Å²) in [6, 6.07) is 8.32. The van der Waals surface area contributed by atoms with E-state index in [0.717, 1.165) is 52.5 Å². The Morgan fingerprint density at radius 2 is 2.08 bits per heavy atom. The molecular weight excluding hydrogens is 322 g/mol. The molecule has 0 aliphatic carbocycles. The lowest BCUT2D eigenvalue weighted by molar-refractivity contribution is 0.395. The highest BCUT2D eigenvalue weighted by Gasteiger charge is 2.31. The lowest BCUT2D eigenvalue weighted by Crippen LogP contribution is -2.24. The summed E-state index contributed by atoms with van der Waals surface area (Å²) in [7, 11) is 3.41. The van der Waals surface area contributed by atoms with Crippen LogP contribution in [0.3, 0.4) is 0 Å². The van der Waals surface area contributed by atoms with E-state index < -0.39 is 0 Å². The van der Waals surface area contributed by atoms with Gasteiger partial charge in [0.25, 0.3) is 0 Å². The van der Waals surface area contributed by atoms with Gasteiger partial charge in [-0.2, -0.15) is 0 Å². The number of rotatable bonds is 4. The van der Waals surface area contributed by atoms with Crippen molar-refractivity contribution in [3.8, 4) is 11.5 Å². The third-order valence-corrected chi connectivity index (χ3v) is 5.38. The van der Waals surface area contributed by atoms with Gasteiger partial charge >= 0.3 is 0 Å². The quantitative estimate of drug-likeness (QED) is 0.716. The van der Waals surface area contributed by atoms with Crippen LogP contribution in [-0.2, 0) is 0 Å². The summed E-state index contributed by atoms with van der Waals surface area (Å²) in [5, 5.41) is 3.19. The van der Waals surface area contributed by atoms with Gasteiger partial charge in [-0.15, -0.1) is 11.3 Å². The van der Waals surface area contributed by atoms with Gasteiger partial charge in [-0.25, -0.2) is 9.97 Å². The van der Waals surface area contributed by atoms with Gasteiger partial charge < -0.3 is 14.4 Å². The normalized spacial score (nSPS) is 17.4. The predicted molar refractivity (Wildman–Crippen MR) is 96.3 cm³/mol. The Labute approximate surface area is 144 Å². The van der Waals surface area contributed by atoms with E-state index in [1.54, 1.807) is 31.9 Å². The van der Waals surface area contributed by atoms with Crippen LogP contribution in [0, 0.1) is 0 Å². The smallest absolute Gasteiger partial charge is 0.141 e. The second-order valence-corrected chi connectivity index (χ2v) is 6.69. The standard InChI is InChI=1S/C18H19N3O2S/c1-22-12-5-6-16(23-2)14(10-12)15-4-3-8-21(15)17-13-7-9-24-18(13)20-11-19-17/h5-7,9-11,15H,3-4,8H2,1-2H3/t15-/m1/s1. The second-order valence-electron chi connectivity index (χ2n) is 5.80. The van der Waals surface area contributed by atoms with Crippen LogP contribution in [0.5, 0.6) is 11.5 Å². The maximum absolute atomic E-state index is 5.60. The van der Waals surface area contributed by atoms with Gasteiger partial charge in [0, 0.05) is 12.1 Å². The molecule has 3 heterocycles. The van der Waals surface area contributed by atoms with E-state index in [4.69, 9.17) is 9.47 Å². The van der Waals surface area contributed by atoms with Crippen LogP contribution in [0.15, 0.2) is 36.0 Å². The van der Waals surface area contributed by atoms with Crippen LogP contribution >= 0.6 is 11.3 Å². The van der Waals surface area contributed by atoms with Gasteiger partial charge in [-0.1, -0.05) is 0 Å². The first kappa shape index (κ1) is 15.2. The summed E-state index contributed by atoms with van der Waals surface area (Å²) < 4.78 is 11.0. The number of benzene rings is 1. The molecule has 0 radical (unpaired) electrons. The molecule has 0 saturated carbocycles. The van der Waals surface area contributed by atoms with Crippen molar-refractivity contribution in [2.45, 2.75) is 18.9 Å². The molecule has 1 aliphatic heterocycles. The highest BCUT2D eigenvalue weighted by atomic mass is 32.1. The molecule has 124 valence electrons. The van der Waals surface area contributed by atoms with Crippen molar-refractivity contribution in [1.29, 1.82) is 0 Å². The summed E-state index contributed by atoms with van der Waals surface area (Å²) in [5.74, 6) is 2.75. The highest BCUT2D eigenvalue weighted by molar-refractivity contribution is 7.16.